The molecule has 0 aliphatic carbocycles. The molecule has 2 aromatic heterocycles. The Balaban J connectivity index is 2.17. The lowest BCUT2D eigenvalue weighted by molar-refractivity contribution is 0.315. The van der Waals surface area contributed by atoms with E-state index in [-0.39, 0.29) is 6.04 Å². The lowest BCUT2D eigenvalue weighted by Gasteiger charge is -2.13. The third-order valence-corrected chi connectivity index (χ3v) is 2.61. The van der Waals surface area contributed by atoms with Crippen LogP contribution in [0.25, 0.3) is 0 Å². The smallest absolute Gasteiger partial charge is 0.137 e. The molecule has 0 bridgehead atoms. The van der Waals surface area contributed by atoms with Crippen LogP contribution in [0.2, 0.25) is 0 Å². The van der Waals surface area contributed by atoms with Crippen molar-refractivity contribution < 1.29 is 4.74 Å². The molecule has 4 nitrogen and oxygen atoms in total. The van der Waals surface area contributed by atoms with E-state index in [9.17, 15) is 0 Å². The zero-order chi connectivity index (χ0) is 12.8. The van der Waals surface area contributed by atoms with Crippen LogP contribution in [0.1, 0.15) is 30.5 Å². The fourth-order valence-corrected chi connectivity index (χ4v) is 1.66. The summed E-state index contributed by atoms with van der Waals surface area (Å²) in [5, 5.41) is 0. The van der Waals surface area contributed by atoms with Crippen molar-refractivity contribution in [1.29, 1.82) is 0 Å². The lowest BCUT2D eigenvalue weighted by Crippen LogP contribution is -2.12. The van der Waals surface area contributed by atoms with Crippen molar-refractivity contribution in [2.24, 2.45) is 5.73 Å². The van der Waals surface area contributed by atoms with Crippen LogP contribution in [-0.4, -0.2) is 16.6 Å². The van der Waals surface area contributed by atoms with Crippen molar-refractivity contribution in [2.75, 3.05) is 6.61 Å². The summed E-state index contributed by atoms with van der Waals surface area (Å²) < 4.78 is 5.55. The van der Waals surface area contributed by atoms with Gasteiger partial charge in [0, 0.05) is 18.6 Å². The van der Waals surface area contributed by atoms with Gasteiger partial charge in [-0.15, -0.1) is 0 Å². The number of hydrogen-bond acceptors (Lipinski definition) is 4. The second-order valence-electron chi connectivity index (χ2n) is 4.07. The van der Waals surface area contributed by atoms with Gasteiger partial charge in [0.15, 0.2) is 0 Å². The average molecular weight is 243 g/mol. The maximum absolute atomic E-state index is 6.18. The molecule has 0 fully saturated rings. The number of ether oxygens (including phenoxy) is 1. The predicted molar refractivity (Wildman–Crippen MR) is 70.3 cm³/mol. The largest absolute Gasteiger partial charge is 0.492 e. The summed E-state index contributed by atoms with van der Waals surface area (Å²) in [4.78, 5) is 8.23. The third-order valence-electron chi connectivity index (χ3n) is 2.61. The molecule has 2 N–H and O–H groups in total. The second kappa shape index (κ2) is 6.12. The number of hydrogen-bond donors (Lipinski definition) is 1. The zero-order valence-corrected chi connectivity index (χ0v) is 10.4. The molecule has 1 atom stereocenters. The maximum atomic E-state index is 6.18. The van der Waals surface area contributed by atoms with Gasteiger partial charge in [0.05, 0.1) is 18.8 Å². The normalized spacial score (nSPS) is 12.1. The summed E-state index contributed by atoms with van der Waals surface area (Å²) in [6.07, 6.45) is 7.93. The van der Waals surface area contributed by atoms with E-state index in [0.29, 0.717) is 6.61 Å². The van der Waals surface area contributed by atoms with Crippen LogP contribution in [0.5, 0.6) is 5.75 Å². The van der Waals surface area contributed by atoms with Gasteiger partial charge in [-0.25, -0.2) is 0 Å². The van der Waals surface area contributed by atoms with E-state index >= 15 is 0 Å². The van der Waals surface area contributed by atoms with Crippen molar-refractivity contribution in [3.63, 3.8) is 0 Å². The first-order chi connectivity index (χ1) is 8.81. The van der Waals surface area contributed by atoms with Crippen LogP contribution in [0.4, 0.5) is 0 Å². The summed E-state index contributed by atoms with van der Waals surface area (Å²) in [7, 11) is 0. The van der Waals surface area contributed by atoms with E-state index in [1.807, 2.05) is 18.2 Å². The fourth-order valence-electron chi connectivity index (χ4n) is 1.66. The first-order valence-corrected chi connectivity index (χ1v) is 6.04. The predicted octanol–water partition coefficient (Wildman–Crippen LogP) is 2.31. The molecule has 0 aliphatic heterocycles. The van der Waals surface area contributed by atoms with Gasteiger partial charge in [-0.3, -0.25) is 9.97 Å². The maximum Gasteiger partial charge on any atom is 0.137 e. The summed E-state index contributed by atoms with van der Waals surface area (Å²) in [6, 6.07) is 5.54. The highest BCUT2D eigenvalue weighted by Crippen LogP contribution is 2.21. The SMILES string of the molecule is CCCOc1cncc(C(N)c2cccnc2)c1. The van der Waals surface area contributed by atoms with Gasteiger partial charge >= 0.3 is 0 Å². The molecule has 1 unspecified atom stereocenters. The van der Waals surface area contributed by atoms with Gasteiger partial charge in [-0.2, -0.15) is 0 Å². The van der Waals surface area contributed by atoms with Crippen LogP contribution < -0.4 is 10.5 Å². The van der Waals surface area contributed by atoms with Crippen molar-refractivity contribution in [3.05, 3.63) is 54.1 Å². The Bertz CT molecular complexity index is 487. The van der Waals surface area contributed by atoms with Gasteiger partial charge in [0.1, 0.15) is 5.75 Å². The van der Waals surface area contributed by atoms with E-state index in [1.165, 1.54) is 0 Å². The number of aromatic nitrogens is 2. The quantitative estimate of drug-likeness (QED) is 0.875. The molecule has 0 aromatic carbocycles. The fraction of sp³-hybridized carbons (Fsp3) is 0.286. The van der Waals surface area contributed by atoms with Gasteiger partial charge in [-0.05, 0) is 29.7 Å². The second-order valence-corrected chi connectivity index (χ2v) is 4.07. The minimum Gasteiger partial charge on any atom is -0.492 e. The summed E-state index contributed by atoms with van der Waals surface area (Å²) in [5.41, 5.74) is 8.07. The summed E-state index contributed by atoms with van der Waals surface area (Å²) in [6.45, 7) is 2.76. The molecule has 2 rings (SSSR count). The van der Waals surface area contributed by atoms with E-state index in [0.717, 1.165) is 23.3 Å². The molecule has 0 saturated carbocycles. The van der Waals surface area contributed by atoms with E-state index in [4.69, 9.17) is 10.5 Å². The van der Waals surface area contributed by atoms with Crippen molar-refractivity contribution in [1.82, 2.24) is 9.97 Å². The molecular weight excluding hydrogens is 226 g/mol. The number of nitrogens with zero attached hydrogens (tertiary/aromatic N) is 2. The Hall–Kier alpha value is -1.94. The Kier molecular flexibility index (Phi) is 4.25. The average Bonchev–Trinajstić information content (AvgIpc) is 2.45. The molecule has 0 spiro atoms. The zero-order valence-electron chi connectivity index (χ0n) is 10.4. The van der Waals surface area contributed by atoms with Gasteiger partial charge in [-0.1, -0.05) is 13.0 Å². The van der Waals surface area contributed by atoms with Crippen LogP contribution in [0.15, 0.2) is 43.0 Å². The minimum absolute atomic E-state index is 0.226. The van der Waals surface area contributed by atoms with Gasteiger partial charge < -0.3 is 10.5 Å². The Morgan fingerprint density at radius 3 is 2.78 bits per heavy atom. The number of pyridine rings is 2. The Morgan fingerprint density at radius 1 is 1.22 bits per heavy atom. The molecule has 4 heteroatoms. The first kappa shape index (κ1) is 12.5. The van der Waals surface area contributed by atoms with Crippen LogP contribution in [-0.2, 0) is 0 Å². The molecule has 0 amide bonds. The van der Waals surface area contributed by atoms with Gasteiger partial charge in [0.2, 0.25) is 0 Å². The minimum atomic E-state index is -0.226. The highest BCUT2D eigenvalue weighted by Gasteiger charge is 2.10. The molecule has 94 valence electrons. The van der Waals surface area contributed by atoms with Crippen molar-refractivity contribution in [2.45, 2.75) is 19.4 Å². The standard InChI is InChI=1S/C14H17N3O/c1-2-6-18-13-7-12(9-17-10-13)14(15)11-4-3-5-16-8-11/h3-5,7-10,14H,2,6,15H2,1H3. The van der Waals surface area contributed by atoms with Crippen LogP contribution >= 0.6 is 0 Å². The Morgan fingerprint density at radius 2 is 2.06 bits per heavy atom. The molecule has 18 heavy (non-hydrogen) atoms. The molecule has 0 saturated heterocycles. The number of rotatable bonds is 5. The Labute approximate surface area is 107 Å². The molecule has 0 aliphatic rings. The third kappa shape index (κ3) is 3.05. The molecule has 2 aromatic rings. The van der Waals surface area contributed by atoms with Crippen molar-refractivity contribution >= 4 is 0 Å². The van der Waals surface area contributed by atoms with E-state index in [1.54, 1.807) is 24.8 Å². The van der Waals surface area contributed by atoms with Crippen LogP contribution in [0, 0.1) is 0 Å². The van der Waals surface area contributed by atoms with E-state index < -0.39 is 0 Å². The van der Waals surface area contributed by atoms with Crippen LogP contribution in [0.3, 0.4) is 0 Å². The number of nitrogens with two attached hydrogens (primary N) is 1. The van der Waals surface area contributed by atoms with Gasteiger partial charge in [0.25, 0.3) is 0 Å². The van der Waals surface area contributed by atoms with Crippen molar-refractivity contribution in [3.8, 4) is 5.75 Å². The van der Waals surface area contributed by atoms with E-state index in [2.05, 4.69) is 16.9 Å². The summed E-state index contributed by atoms with van der Waals surface area (Å²) in [5.74, 6) is 0.758. The topological polar surface area (TPSA) is 61.0 Å². The molecule has 0 radical (unpaired) electrons. The highest BCUT2D eigenvalue weighted by molar-refractivity contribution is 5.32. The first-order valence-electron chi connectivity index (χ1n) is 6.04. The lowest BCUT2D eigenvalue weighted by atomic mass is 10.0. The monoisotopic (exact) mass is 243 g/mol. The highest BCUT2D eigenvalue weighted by atomic mass is 16.5. The summed E-state index contributed by atoms with van der Waals surface area (Å²) >= 11 is 0. The molecule has 2 heterocycles. The molecular formula is C14H17N3O.